The highest BCUT2D eigenvalue weighted by Crippen LogP contribution is 2.47. The van der Waals surface area contributed by atoms with Gasteiger partial charge in [0, 0.05) is 36.2 Å². The van der Waals surface area contributed by atoms with Gasteiger partial charge in [-0.15, -0.1) is 13.2 Å². The molecule has 3 heterocycles. The van der Waals surface area contributed by atoms with Gasteiger partial charge < -0.3 is 25.0 Å². The molecule has 2 aliphatic carbocycles. The van der Waals surface area contributed by atoms with E-state index in [2.05, 4.69) is 20.1 Å². The molecule has 56 heavy (non-hydrogen) atoms. The average molecular weight is 806 g/mol. The standard InChI is InChI=1S/C38H43F4N5O8S/c1-36(15-16-36)56(52,53)45-34(50)37-19-24(37)10-5-3-2-4-6-14-30(43-25-11-8-12-26(17-25)55-38(40,41)42)33(49)47-21-27(18-31(47)32(48)44-37)54-35(51)46-20-23-9-7-13-29(39)28(23)22-46/h5,7-13,17,24,27,30-31,43H,2-4,6,14-16,18-22H2,1H3,(H,44,48)(H,45,50)/b10-5-/t24-,27-,30+,31+,37-/m1/s1. The van der Waals surface area contributed by atoms with Crippen molar-refractivity contribution < 1.29 is 54.6 Å². The highest BCUT2D eigenvalue weighted by atomic mass is 32.2. The molecule has 3 aliphatic heterocycles. The third-order valence-electron chi connectivity index (χ3n) is 11.3. The Labute approximate surface area is 321 Å². The van der Waals surface area contributed by atoms with Gasteiger partial charge in [-0.1, -0.05) is 43.2 Å². The zero-order valence-electron chi connectivity index (χ0n) is 30.6. The van der Waals surface area contributed by atoms with E-state index in [0.717, 1.165) is 12.1 Å². The molecule has 5 aliphatic rings. The van der Waals surface area contributed by atoms with Gasteiger partial charge in [0.25, 0.3) is 5.91 Å². The molecule has 2 aromatic carbocycles. The minimum absolute atomic E-state index is 0.0439. The molecule has 18 heteroatoms. The Balaban J connectivity index is 1.16. The summed E-state index contributed by atoms with van der Waals surface area (Å²) >= 11 is 0. The van der Waals surface area contributed by atoms with E-state index in [1.54, 1.807) is 12.1 Å². The highest BCUT2D eigenvalue weighted by Gasteiger charge is 2.63. The number of allylic oxidation sites excluding steroid dienone is 1. The largest absolute Gasteiger partial charge is 0.573 e. The molecule has 302 valence electrons. The summed E-state index contributed by atoms with van der Waals surface area (Å²) in [5, 5.41) is 5.78. The van der Waals surface area contributed by atoms with Crippen LogP contribution < -0.4 is 20.1 Å². The minimum atomic E-state index is -4.95. The van der Waals surface area contributed by atoms with Crippen LogP contribution in [0.4, 0.5) is 28.0 Å². The number of ether oxygens (including phenoxy) is 2. The van der Waals surface area contributed by atoms with E-state index in [0.29, 0.717) is 49.7 Å². The second kappa shape index (κ2) is 14.9. The van der Waals surface area contributed by atoms with E-state index in [1.807, 2.05) is 6.08 Å². The molecule has 1 saturated heterocycles. The van der Waals surface area contributed by atoms with Crippen molar-refractivity contribution in [3.63, 3.8) is 0 Å². The summed E-state index contributed by atoms with van der Waals surface area (Å²) in [5.74, 6) is -3.78. The predicted octanol–water partition coefficient (Wildman–Crippen LogP) is 5.02. The summed E-state index contributed by atoms with van der Waals surface area (Å²) in [4.78, 5) is 58.6. The van der Waals surface area contributed by atoms with Crippen molar-refractivity contribution in [2.75, 3.05) is 11.9 Å². The topological polar surface area (TPSA) is 163 Å². The Hall–Kier alpha value is -4.87. The number of fused-ring (bicyclic) bond motifs is 3. The maximum absolute atomic E-state index is 14.5. The molecule has 0 aromatic heterocycles. The maximum Gasteiger partial charge on any atom is 0.573 e. The summed E-state index contributed by atoms with van der Waals surface area (Å²) in [6.07, 6.45) is 0.304. The predicted molar refractivity (Wildman–Crippen MR) is 192 cm³/mol. The van der Waals surface area contributed by atoms with Crippen LogP contribution in [0.15, 0.2) is 54.6 Å². The third-order valence-corrected chi connectivity index (χ3v) is 13.5. The van der Waals surface area contributed by atoms with Crippen molar-refractivity contribution in [3.05, 3.63) is 71.6 Å². The van der Waals surface area contributed by atoms with E-state index in [9.17, 15) is 45.2 Å². The number of carbonyl (C=O) groups excluding carboxylic acids is 4. The molecule has 2 saturated carbocycles. The lowest BCUT2D eigenvalue weighted by atomic mass is 10.0. The Bertz CT molecular complexity index is 2040. The molecule has 3 fully saturated rings. The van der Waals surface area contributed by atoms with Crippen LogP contribution in [-0.2, 0) is 42.2 Å². The molecule has 0 spiro atoms. The van der Waals surface area contributed by atoms with Gasteiger partial charge in [0.1, 0.15) is 35.3 Å². The van der Waals surface area contributed by atoms with Gasteiger partial charge in [0.15, 0.2) is 0 Å². The lowest BCUT2D eigenvalue weighted by Crippen LogP contribution is -2.58. The second-order valence-corrected chi connectivity index (χ2v) is 17.7. The number of rotatable bonds is 7. The number of sulfonamides is 1. The van der Waals surface area contributed by atoms with E-state index < -0.39 is 86.2 Å². The van der Waals surface area contributed by atoms with Gasteiger partial charge in [-0.05, 0) is 69.2 Å². The van der Waals surface area contributed by atoms with Crippen LogP contribution in [0.1, 0.15) is 75.8 Å². The van der Waals surface area contributed by atoms with Gasteiger partial charge in [-0.25, -0.2) is 17.6 Å². The van der Waals surface area contributed by atoms with Gasteiger partial charge >= 0.3 is 12.5 Å². The van der Waals surface area contributed by atoms with Crippen LogP contribution in [0.5, 0.6) is 5.75 Å². The zero-order chi connectivity index (χ0) is 40.0. The number of carbonyl (C=O) groups is 4. The van der Waals surface area contributed by atoms with Crippen molar-refractivity contribution in [2.45, 2.75) is 113 Å². The Morgan fingerprint density at radius 3 is 2.54 bits per heavy atom. The van der Waals surface area contributed by atoms with E-state index in [1.165, 1.54) is 41.0 Å². The second-order valence-electron chi connectivity index (χ2n) is 15.5. The van der Waals surface area contributed by atoms with Crippen LogP contribution in [0.3, 0.4) is 0 Å². The van der Waals surface area contributed by atoms with Crippen molar-refractivity contribution >= 4 is 39.5 Å². The fraction of sp³-hybridized carbons (Fsp3) is 0.526. The molecule has 5 atom stereocenters. The van der Waals surface area contributed by atoms with Gasteiger partial charge in [0.2, 0.25) is 21.8 Å². The molecule has 3 N–H and O–H groups in total. The van der Waals surface area contributed by atoms with Crippen LogP contribution in [0, 0.1) is 11.7 Å². The number of hydrogen-bond acceptors (Lipinski definition) is 9. The van der Waals surface area contributed by atoms with E-state index in [-0.39, 0.29) is 44.6 Å². The molecule has 7 rings (SSSR count). The first kappa shape index (κ1) is 39.4. The number of halogens is 4. The Kier molecular flexibility index (Phi) is 10.5. The van der Waals surface area contributed by atoms with Crippen molar-refractivity contribution in [1.82, 2.24) is 19.8 Å². The molecule has 2 aromatic rings. The summed E-state index contributed by atoms with van der Waals surface area (Å²) in [5.41, 5.74) is -0.510. The fourth-order valence-electron chi connectivity index (χ4n) is 7.66. The van der Waals surface area contributed by atoms with Crippen molar-refractivity contribution in [1.29, 1.82) is 0 Å². The van der Waals surface area contributed by atoms with Crippen LogP contribution in [0.25, 0.3) is 0 Å². The van der Waals surface area contributed by atoms with Crippen LogP contribution in [-0.4, -0.2) is 83.4 Å². The molecule has 13 nitrogen and oxygen atoms in total. The molecule has 0 unspecified atom stereocenters. The van der Waals surface area contributed by atoms with Crippen molar-refractivity contribution in [3.8, 4) is 5.75 Å². The maximum atomic E-state index is 14.5. The number of amides is 4. The normalized spacial score (nSPS) is 28.0. The number of hydrogen-bond donors (Lipinski definition) is 3. The monoisotopic (exact) mass is 805 g/mol. The summed E-state index contributed by atoms with van der Waals surface area (Å²) in [6.45, 7) is 1.33. The summed E-state index contributed by atoms with van der Waals surface area (Å²) in [7, 11) is -4.06. The number of alkyl halides is 3. The van der Waals surface area contributed by atoms with Crippen molar-refractivity contribution in [2.24, 2.45) is 5.92 Å². The smallest absolute Gasteiger partial charge is 0.444 e. The molecule has 4 amide bonds. The molecule has 0 radical (unpaired) electrons. The first-order valence-corrected chi connectivity index (χ1v) is 20.2. The quantitative estimate of drug-likeness (QED) is 0.258. The molecular formula is C38H43F4N5O8S. The lowest BCUT2D eigenvalue weighted by Gasteiger charge is -2.30. The average Bonchev–Trinajstić information content (AvgIpc) is 3.92. The summed E-state index contributed by atoms with van der Waals surface area (Å²) < 4.78 is 90.7. The number of nitrogens with zero attached hydrogens (tertiary/aromatic N) is 2. The number of anilines is 1. The first-order chi connectivity index (χ1) is 26.5. The highest BCUT2D eigenvalue weighted by molar-refractivity contribution is 7.91. The lowest BCUT2D eigenvalue weighted by molar-refractivity contribution is -0.274. The SMILES string of the molecule is CC1(S(=O)(=O)NC(=O)[C@@]23C[C@H]2/C=C\CCCCC[C@H](Nc2cccc(OC(F)(F)F)c2)C(=O)N2C[C@H](OC(=O)N4Cc5cccc(F)c5C4)C[C@H]2C(=O)N3)CC1. The van der Waals surface area contributed by atoms with Gasteiger partial charge in [-0.2, -0.15) is 0 Å². The van der Waals surface area contributed by atoms with Gasteiger partial charge in [0.05, 0.1) is 17.8 Å². The van der Waals surface area contributed by atoms with Gasteiger partial charge in [-0.3, -0.25) is 24.0 Å². The van der Waals surface area contributed by atoms with Crippen LogP contribution >= 0.6 is 0 Å². The molecular weight excluding hydrogens is 763 g/mol. The minimum Gasteiger partial charge on any atom is -0.444 e. The fourth-order valence-corrected chi connectivity index (χ4v) is 8.97. The zero-order valence-corrected chi connectivity index (χ0v) is 31.4. The third kappa shape index (κ3) is 8.30. The first-order valence-electron chi connectivity index (χ1n) is 18.7. The van der Waals surface area contributed by atoms with Crippen LogP contribution in [0.2, 0.25) is 0 Å². The van der Waals surface area contributed by atoms with E-state index >= 15 is 0 Å². The number of benzene rings is 2. The summed E-state index contributed by atoms with van der Waals surface area (Å²) in [6, 6.07) is 7.20. The molecule has 0 bridgehead atoms. The number of nitrogens with one attached hydrogen (secondary N) is 3. The Morgan fingerprint density at radius 1 is 1.04 bits per heavy atom. The van der Waals surface area contributed by atoms with E-state index in [4.69, 9.17) is 4.74 Å². The Morgan fingerprint density at radius 2 is 1.80 bits per heavy atom.